The molecule has 4 N–H and O–H groups in total. The largest absolute Gasteiger partial charge is 0.465 e. The number of unbranched alkanes of at least 4 members (excludes halogenated alkanes) is 3. The van der Waals surface area contributed by atoms with Crippen LogP contribution in [0.5, 0.6) is 0 Å². The first-order chi connectivity index (χ1) is 29.4. The Morgan fingerprint density at radius 3 is 2.11 bits per heavy atom. The first-order valence-corrected chi connectivity index (χ1v) is 19.9. The monoisotopic (exact) mass is 890 g/mol. The maximum Gasteiger partial charge on any atom is 0.366 e. The van der Waals surface area contributed by atoms with E-state index in [-0.39, 0.29) is 30.9 Å². The summed E-state index contributed by atoms with van der Waals surface area (Å²) in [5, 5.41) is 11.3. The van der Waals surface area contributed by atoms with Gasteiger partial charge >= 0.3 is 29.8 Å². The van der Waals surface area contributed by atoms with E-state index in [9.17, 15) is 43.2 Å². The molecule has 2 aromatic rings. The van der Waals surface area contributed by atoms with Gasteiger partial charge in [-0.1, -0.05) is 42.5 Å². The second kappa shape index (κ2) is 24.4. The fourth-order valence-electron chi connectivity index (χ4n) is 6.50. The highest BCUT2D eigenvalue weighted by Gasteiger charge is 2.59. The standard InChI is InChI=1S/C41H51ClN4O16/c1-7-16-43-34-35(37(54)36(34)53)44-17-10-8-9-11-18-58-41(40(55)56-6)20-29(59-24(3)48)33(46-32(52)22-57-23(2)47)39(62-41)38(61-26(5)50)30(60-25(4)49)21-45-31(51)19-27-12-14-28(42)15-13-27/h1,12-15,29-30,33,38-39,43-44H,8-11,16-22H2,2-6H3,(H,45,51)(H,46,52)/t29-,30+,33+,38+,39+,41+/m0/s1. The Hall–Kier alpha value is -6.04. The number of halogens is 1. The van der Waals surface area contributed by atoms with Gasteiger partial charge in [-0.15, -0.1) is 6.42 Å². The number of carbonyl (C=O) groups is 7. The smallest absolute Gasteiger partial charge is 0.366 e. The molecular formula is C41H51ClN4O16. The van der Waals surface area contributed by atoms with Crippen molar-refractivity contribution in [3.05, 3.63) is 55.3 Å². The first-order valence-electron chi connectivity index (χ1n) is 19.5. The highest BCUT2D eigenvalue weighted by atomic mass is 35.5. The lowest BCUT2D eigenvalue weighted by Gasteiger charge is -2.48. The Bertz CT molecular complexity index is 2030. The number of anilines is 2. The molecule has 1 saturated heterocycles. The molecule has 21 heteroatoms. The summed E-state index contributed by atoms with van der Waals surface area (Å²) in [6.07, 6.45) is -0.0784. The highest BCUT2D eigenvalue weighted by molar-refractivity contribution is 6.30. The summed E-state index contributed by atoms with van der Waals surface area (Å²) in [4.78, 5) is 113. The van der Waals surface area contributed by atoms with Crippen molar-refractivity contribution in [2.75, 3.05) is 50.6 Å². The van der Waals surface area contributed by atoms with Crippen LogP contribution < -0.4 is 32.1 Å². The van der Waals surface area contributed by atoms with Gasteiger partial charge in [0.05, 0.1) is 45.7 Å². The van der Waals surface area contributed by atoms with Gasteiger partial charge in [0.15, 0.2) is 18.8 Å². The molecule has 1 aliphatic rings. The lowest BCUT2D eigenvalue weighted by Crippen LogP contribution is -2.70. The molecular weight excluding hydrogens is 840 g/mol. The summed E-state index contributed by atoms with van der Waals surface area (Å²) in [7, 11) is 1.04. The number of rotatable bonds is 24. The average Bonchev–Trinajstić information content (AvgIpc) is 3.21. The van der Waals surface area contributed by atoms with Crippen LogP contribution in [-0.2, 0) is 73.1 Å². The van der Waals surface area contributed by atoms with Crippen LogP contribution in [-0.4, -0.2) is 118 Å². The van der Waals surface area contributed by atoms with Gasteiger partial charge in [-0.3, -0.25) is 38.4 Å². The van der Waals surface area contributed by atoms with Crippen molar-refractivity contribution in [1.29, 1.82) is 0 Å². The van der Waals surface area contributed by atoms with Crippen LogP contribution in [0.1, 0.15) is 65.4 Å². The summed E-state index contributed by atoms with van der Waals surface area (Å²) in [6, 6.07) is 4.92. The molecule has 338 valence electrons. The highest BCUT2D eigenvalue weighted by Crippen LogP contribution is 2.37. The number of terminal acetylenes is 1. The summed E-state index contributed by atoms with van der Waals surface area (Å²) < 4.78 is 39.3. The van der Waals surface area contributed by atoms with Crippen LogP contribution in [0.2, 0.25) is 5.02 Å². The minimum absolute atomic E-state index is 0.0747. The van der Waals surface area contributed by atoms with Gasteiger partial charge in [-0.25, -0.2) is 4.79 Å². The van der Waals surface area contributed by atoms with E-state index in [2.05, 4.69) is 27.2 Å². The quantitative estimate of drug-likeness (QED) is 0.0374. The Labute approximate surface area is 362 Å². The van der Waals surface area contributed by atoms with Crippen molar-refractivity contribution >= 4 is 64.6 Å². The molecule has 1 heterocycles. The van der Waals surface area contributed by atoms with Crippen molar-refractivity contribution in [3.63, 3.8) is 0 Å². The van der Waals surface area contributed by atoms with E-state index in [1.54, 1.807) is 24.3 Å². The van der Waals surface area contributed by atoms with Gasteiger partial charge in [-0.2, -0.15) is 0 Å². The predicted molar refractivity (Wildman–Crippen MR) is 219 cm³/mol. The molecule has 0 aliphatic carbocycles. The van der Waals surface area contributed by atoms with Crippen molar-refractivity contribution in [1.82, 2.24) is 10.6 Å². The Morgan fingerprint density at radius 1 is 0.871 bits per heavy atom. The van der Waals surface area contributed by atoms with Crippen molar-refractivity contribution in [2.24, 2.45) is 0 Å². The summed E-state index contributed by atoms with van der Waals surface area (Å²) in [5.74, 6) is -6.17. The third-order valence-electron chi connectivity index (χ3n) is 9.17. The van der Waals surface area contributed by atoms with E-state index in [4.69, 9.17) is 51.2 Å². The second-order valence-electron chi connectivity index (χ2n) is 14.0. The molecule has 1 aliphatic heterocycles. The Morgan fingerprint density at radius 2 is 1.52 bits per heavy atom. The molecule has 0 saturated carbocycles. The van der Waals surface area contributed by atoms with E-state index >= 15 is 0 Å². The molecule has 0 bridgehead atoms. The Balaban J connectivity index is 1.92. The van der Waals surface area contributed by atoms with Gasteiger partial charge in [-0.05, 0) is 30.5 Å². The van der Waals surface area contributed by atoms with E-state index in [0.717, 1.165) is 34.8 Å². The molecule has 0 unspecified atom stereocenters. The van der Waals surface area contributed by atoms with Crippen molar-refractivity contribution in [2.45, 2.75) is 102 Å². The predicted octanol–water partition coefficient (Wildman–Crippen LogP) is 0.830. The number of hydrogen-bond acceptors (Lipinski definition) is 18. The third kappa shape index (κ3) is 15.1. The van der Waals surface area contributed by atoms with E-state index in [0.29, 0.717) is 42.8 Å². The average molecular weight is 891 g/mol. The molecule has 0 radical (unpaired) electrons. The van der Waals surface area contributed by atoms with Crippen molar-refractivity contribution in [3.8, 4) is 12.3 Å². The molecule has 1 fully saturated rings. The topological polar surface area (TPSA) is 266 Å². The van der Waals surface area contributed by atoms with E-state index in [1.165, 1.54) is 0 Å². The molecule has 2 aromatic carbocycles. The van der Waals surface area contributed by atoms with Crippen LogP contribution in [0.4, 0.5) is 11.4 Å². The van der Waals surface area contributed by atoms with Crippen LogP contribution in [0, 0.1) is 12.3 Å². The van der Waals surface area contributed by atoms with Crippen LogP contribution in [0.3, 0.4) is 0 Å². The van der Waals surface area contributed by atoms with Gasteiger partial charge < -0.3 is 54.4 Å². The summed E-state index contributed by atoms with van der Waals surface area (Å²) >= 11 is 5.96. The molecule has 0 aromatic heterocycles. The number of amides is 2. The normalized spacial score (nSPS) is 19.1. The van der Waals surface area contributed by atoms with Gasteiger partial charge in [0.2, 0.25) is 5.91 Å². The molecule has 6 atom stereocenters. The van der Waals surface area contributed by atoms with Gasteiger partial charge in [0.1, 0.15) is 23.6 Å². The van der Waals surface area contributed by atoms with Crippen LogP contribution in [0.15, 0.2) is 33.9 Å². The van der Waals surface area contributed by atoms with Crippen LogP contribution in [0.25, 0.3) is 0 Å². The number of carbonyl (C=O) groups excluding carboxylic acids is 7. The molecule has 20 nitrogen and oxygen atoms in total. The Kier molecular flexibility index (Phi) is 19.8. The maximum absolute atomic E-state index is 13.7. The van der Waals surface area contributed by atoms with E-state index in [1.807, 2.05) is 0 Å². The lowest BCUT2D eigenvalue weighted by atomic mass is 9.87. The van der Waals surface area contributed by atoms with E-state index < -0.39 is 108 Å². The maximum atomic E-state index is 13.7. The fraction of sp³-hybridized carbons (Fsp3) is 0.537. The first kappa shape index (κ1) is 50.3. The zero-order valence-corrected chi connectivity index (χ0v) is 35.7. The number of methoxy groups -OCH3 is 1. The number of benzene rings is 1. The number of ether oxygens (including phenoxy) is 7. The molecule has 3 rings (SSSR count). The second-order valence-corrected chi connectivity index (χ2v) is 14.5. The minimum atomic E-state index is -2.40. The zero-order chi connectivity index (χ0) is 46.0. The third-order valence-corrected chi connectivity index (χ3v) is 9.42. The minimum Gasteiger partial charge on any atom is -0.465 e. The summed E-state index contributed by atoms with van der Waals surface area (Å²) in [5.41, 5.74) is -0.430. The fourth-order valence-corrected chi connectivity index (χ4v) is 6.63. The lowest BCUT2D eigenvalue weighted by molar-refractivity contribution is -0.313. The molecule has 2 amide bonds. The SMILES string of the molecule is C#CCNc1c(NCCCCCCO[C@]2(C(=O)OC)C[C@H](OC(C)=O)[C@@H](NC(=O)COC(C)=O)[C@H]([C@H](OC(C)=O)[C@@H](CNC(=O)Cc3ccc(Cl)cc3)OC(C)=O)O2)c(=O)c1=O. The van der Waals surface area contributed by atoms with Gasteiger partial charge in [0, 0.05) is 39.3 Å². The van der Waals surface area contributed by atoms with Gasteiger partial charge in [0.25, 0.3) is 22.6 Å². The zero-order valence-electron chi connectivity index (χ0n) is 35.0. The number of hydrogen-bond donors (Lipinski definition) is 4. The van der Waals surface area contributed by atoms with Crippen molar-refractivity contribution < 1.29 is 66.7 Å². The van der Waals surface area contributed by atoms with Crippen LogP contribution >= 0.6 is 11.6 Å². The number of nitrogens with one attached hydrogen (secondary N) is 4. The molecule has 0 spiro atoms. The summed E-state index contributed by atoms with van der Waals surface area (Å²) in [6.45, 7) is 3.16. The number of esters is 5. The molecule has 62 heavy (non-hydrogen) atoms.